The standard InChI is InChI=1S/C18H14N2O2S2/c1-22-12-6-4-11(5-7-12)9-15-19-17(21)16-13(10-24-18(16)20-15)14-3-2-8-23-14/h2-8,10H,9H2,1H3,(H,19,20,21). The molecule has 0 fully saturated rings. The number of fused-ring (bicyclic) bond motifs is 1. The van der Waals surface area contributed by atoms with E-state index < -0.39 is 0 Å². The van der Waals surface area contributed by atoms with Gasteiger partial charge in [0.1, 0.15) is 16.4 Å². The molecule has 0 saturated carbocycles. The van der Waals surface area contributed by atoms with Gasteiger partial charge in [-0.2, -0.15) is 0 Å². The Hall–Kier alpha value is -2.44. The lowest BCUT2D eigenvalue weighted by Gasteiger charge is -2.04. The Labute approximate surface area is 146 Å². The van der Waals surface area contributed by atoms with Crippen LogP contribution in [0.4, 0.5) is 0 Å². The number of nitrogens with zero attached hydrogens (tertiary/aromatic N) is 1. The maximum Gasteiger partial charge on any atom is 0.260 e. The highest BCUT2D eigenvalue weighted by Gasteiger charge is 2.13. The molecule has 3 heterocycles. The molecule has 0 aliphatic heterocycles. The molecular weight excluding hydrogens is 340 g/mol. The van der Waals surface area contributed by atoms with E-state index in [0.717, 1.165) is 26.6 Å². The smallest absolute Gasteiger partial charge is 0.260 e. The van der Waals surface area contributed by atoms with E-state index in [-0.39, 0.29) is 5.56 Å². The van der Waals surface area contributed by atoms with Gasteiger partial charge in [-0.15, -0.1) is 22.7 Å². The van der Waals surface area contributed by atoms with Crippen LogP contribution in [-0.4, -0.2) is 17.1 Å². The fourth-order valence-corrected chi connectivity index (χ4v) is 4.41. The lowest BCUT2D eigenvalue weighted by atomic mass is 10.1. The van der Waals surface area contributed by atoms with Gasteiger partial charge in [-0.25, -0.2) is 4.98 Å². The third-order valence-corrected chi connectivity index (χ3v) is 5.59. The molecule has 0 aliphatic rings. The number of thiophene rings is 2. The first-order valence-electron chi connectivity index (χ1n) is 7.42. The summed E-state index contributed by atoms with van der Waals surface area (Å²) in [6.07, 6.45) is 0.585. The summed E-state index contributed by atoms with van der Waals surface area (Å²) in [4.78, 5) is 22.0. The van der Waals surface area contributed by atoms with Crippen molar-refractivity contribution >= 4 is 32.9 Å². The molecule has 3 aromatic heterocycles. The zero-order valence-electron chi connectivity index (χ0n) is 12.9. The molecule has 0 aliphatic carbocycles. The maximum atomic E-state index is 12.6. The van der Waals surface area contributed by atoms with Crippen molar-refractivity contribution in [2.75, 3.05) is 7.11 Å². The lowest BCUT2D eigenvalue weighted by Crippen LogP contribution is -2.11. The number of aromatic amines is 1. The van der Waals surface area contributed by atoms with Gasteiger partial charge >= 0.3 is 0 Å². The van der Waals surface area contributed by atoms with E-state index in [9.17, 15) is 4.79 Å². The predicted molar refractivity (Wildman–Crippen MR) is 99.4 cm³/mol. The monoisotopic (exact) mass is 354 g/mol. The molecule has 4 aromatic rings. The van der Waals surface area contributed by atoms with E-state index in [1.54, 1.807) is 18.4 Å². The number of nitrogens with one attached hydrogen (secondary N) is 1. The van der Waals surface area contributed by atoms with Gasteiger partial charge in [0.25, 0.3) is 5.56 Å². The highest BCUT2D eigenvalue weighted by molar-refractivity contribution is 7.18. The van der Waals surface area contributed by atoms with Crippen molar-refractivity contribution in [3.05, 3.63) is 68.9 Å². The van der Waals surface area contributed by atoms with Crippen LogP contribution in [0, 0.1) is 0 Å². The van der Waals surface area contributed by atoms with Gasteiger partial charge in [-0.3, -0.25) is 4.79 Å². The summed E-state index contributed by atoms with van der Waals surface area (Å²) in [7, 11) is 1.64. The zero-order valence-corrected chi connectivity index (χ0v) is 14.5. The van der Waals surface area contributed by atoms with Crippen molar-refractivity contribution < 1.29 is 4.74 Å². The van der Waals surface area contributed by atoms with Gasteiger partial charge in [0.2, 0.25) is 0 Å². The van der Waals surface area contributed by atoms with Crippen LogP contribution in [0.1, 0.15) is 11.4 Å². The number of methoxy groups -OCH3 is 1. The van der Waals surface area contributed by atoms with Crippen molar-refractivity contribution in [3.63, 3.8) is 0 Å². The molecule has 24 heavy (non-hydrogen) atoms. The summed E-state index contributed by atoms with van der Waals surface area (Å²) in [5, 5.41) is 4.70. The van der Waals surface area contributed by atoms with Gasteiger partial charge in [0.05, 0.1) is 12.5 Å². The molecule has 0 unspecified atom stereocenters. The fourth-order valence-electron chi connectivity index (χ4n) is 2.63. The first-order chi connectivity index (χ1) is 11.7. The normalized spacial score (nSPS) is 11.0. The van der Waals surface area contributed by atoms with Crippen LogP contribution < -0.4 is 10.3 Å². The highest BCUT2D eigenvalue weighted by Crippen LogP contribution is 2.33. The minimum absolute atomic E-state index is 0.0758. The lowest BCUT2D eigenvalue weighted by molar-refractivity contribution is 0.414. The van der Waals surface area contributed by atoms with Crippen LogP contribution in [0.15, 0.2) is 52.0 Å². The molecule has 0 spiro atoms. The molecule has 0 radical (unpaired) electrons. The quantitative estimate of drug-likeness (QED) is 0.594. The summed E-state index contributed by atoms with van der Waals surface area (Å²) >= 11 is 3.14. The molecule has 0 amide bonds. The van der Waals surface area contributed by atoms with Gasteiger partial charge in [0, 0.05) is 22.2 Å². The van der Waals surface area contributed by atoms with E-state index in [1.165, 1.54) is 11.3 Å². The van der Waals surface area contributed by atoms with Gasteiger partial charge in [-0.05, 0) is 29.1 Å². The van der Waals surface area contributed by atoms with Crippen LogP contribution in [0.3, 0.4) is 0 Å². The molecule has 0 bridgehead atoms. The Morgan fingerprint density at radius 2 is 2.00 bits per heavy atom. The van der Waals surface area contributed by atoms with Gasteiger partial charge < -0.3 is 9.72 Å². The maximum absolute atomic E-state index is 12.6. The van der Waals surface area contributed by atoms with E-state index in [4.69, 9.17) is 4.74 Å². The largest absolute Gasteiger partial charge is 0.497 e. The number of rotatable bonds is 4. The topological polar surface area (TPSA) is 55.0 Å². The van der Waals surface area contributed by atoms with Crippen LogP contribution >= 0.6 is 22.7 Å². The zero-order chi connectivity index (χ0) is 16.5. The second kappa shape index (κ2) is 6.22. The molecule has 6 heteroatoms. The molecule has 1 N–H and O–H groups in total. The molecular formula is C18H14N2O2S2. The molecule has 4 nitrogen and oxygen atoms in total. The summed E-state index contributed by atoms with van der Waals surface area (Å²) < 4.78 is 5.16. The Morgan fingerprint density at radius 1 is 1.17 bits per heavy atom. The van der Waals surface area contributed by atoms with Crippen LogP contribution in [-0.2, 0) is 6.42 Å². The minimum Gasteiger partial charge on any atom is -0.497 e. The van der Waals surface area contributed by atoms with E-state index in [0.29, 0.717) is 17.6 Å². The summed E-state index contributed by atoms with van der Waals surface area (Å²) in [5.74, 6) is 1.49. The molecule has 0 atom stereocenters. The van der Waals surface area contributed by atoms with E-state index >= 15 is 0 Å². The molecule has 1 aromatic carbocycles. The average Bonchev–Trinajstić information content (AvgIpc) is 3.24. The van der Waals surface area contributed by atoms with Crippen molar-refractivity contribution in [2.45, 2.75) is 6.42 Å². The third-order valence-electron chi connectivity index (χ3n) is 3.81. The van der Waals surface area contributed by atoms with Crippen molar-refractivity contribution in [3.8, 4) is 16.2 Å². The number of hydrogen-bond donors (Lipinski definition) is 1. The summed E-state index contributed by atoms with van der Waals surface area (Å²) in [6.45, 7) is 0. The van der Waals surface area contributed by atoms with E-state index in [1.807, 2.05) is 47.2 Å². The fraction of sp³-hybridized carbons (Fsp3) is 0.111. The summed E-state index contributed by atoms with van der Waals surface area (Å²) in [5.41, 5.74) is 1.97. The second-order valence-electron chi connectivity index (χ2n) is 5.34. The third kappa shape index (κ3) is 2.74. The molecule has 120 valence electrons. The van der Waals surface area contributed by atoms with Crippen LogP contribution in [0.5, 0.6) is 5.75 Å². The Bertz CT molecular complexity index is 1030. The average molecular weight is 354 g/mol. The number of H-pyrrole nitrogens is 1. The van der Waals surface area contributed by atoms with Crippen molar-refractivity contribution in [1.82, 2.24) is 9.97 Å². The van der Waals surface area contributed by atoms with Crippen LogP contribution in [0.25, 0.3) is 20.7 Å². The predicted octanol–water partition coefficient (Wildman–Crippen LogP) is 4.31. The summed E-state index contributed by atoms with van der Waals surface area (Å²) in [6, 6.07) is 11.8. The molecule has 0 saturated heterocycles. The van der Waals surface area contributed by atoms with Crippen LogP contribution in [0.2, 0.25) is 0 Å². The van der Waals surface area contributed by atoms with Gasteiger partial charge in [-0.1, -0.05) is 18.2 Å². The second-order valence-corrected chi connectivity index (χ2v) is 7.15. The highest BCUT2D eigenvalue weighted by atomic mass is 32.1. The van der Waals surface area contributed by atoms with E-state index in [2.05, 4.69) is 9.97 Å². The first kappa shape index (κ1) is 15.1. The van der Waals surface area contributed by atoms with Crippen molar-refractivity contribution in [2.24, 2.45) is 0 Å². The Balaban J connectivity index is 1.72. The minimum atomic E-state index is -0.0758. The number of ether oxygens (including phenoxy) is 1. The Morgan fingerprint density at radius 3 is 2.71 bits per heavy atom. The first-order valence-corrected chi connectivity index (χ1v) is 9.18. The van der Waals surface area contributed by atoms with Gasteiger partial charge in [0.15, 0.2) is 0 Å². The SMILES string of the molecule is COc1ccc(Cc2nc3scc(-c4cccs4)c3c(=O)[nH]2)cc1. The Kier molecular flexibility index (Phi) is 3.92. The molecule has 4 rings (SSSR count). The van der Waals surface area contributed by atoms with Crippen molar-refractivity contribution in [1.29, 1.82) is 0 Å². The number of aromatic nitrogens is 2. The number of benzene rings is 1. The number of hydrogen-bond acceptors (Lipinski definition) is 5.